The molecule has 1 aromatic carbocycles. The monoisotopic (exact) mass is 321 g/mol. The van der Waals surface area contributed by atoms with Gasteiger partial charge in [0.05, 0.1) is 6.04 Å². The number of aromatic nitrogens is 1. The van der Waals surface area contributed by atoms with Crippen molar-refractivity contribution in [3.8, 4) is 0 Å². The van der Waals surface area contributed by atoms with Crippen LogP contribution in [0.1, 0.15) is 23.6 Å². The molecule has 2 fully saturated rings. The summed E-state index contributed by atoms with van der Waals surface area (Å²) in [5.41, 5.74) is 2.45. The van der Waals surface area contributed by atoms with Crippen molar-refractivity contribution < 1.29 is 4.79 Å². The van der Waals surface area contributed by atoms with Crippen LogP contribution in [-0.2, 0) is 11.2 Å². The lowest BCUT2D eigenvalue weighted by Gasteiger charge is -2.28. The Bertz CT molecular complexity index is 689. The summed E-state index contributed by atoms with van der Waals surface area (Å²) in [6.45, 7) is 2.92. The van der Waals surface area contributed by atoms with E-state index in [1.54, 1.807) is 12.4 Å². The van der Waals surface area contributed by atoms with Crippen molar-refractivity contribution in [3.05, 3.63) is 66.0 Å². The quantitative estimate of drug-likeness (QED) is 0.941. The van der Waals surface area contributed by atoms with Gasteiger partial charge in [-0.05, 0) is 35.6 Å². The first kappa shape index (κ1) is 15.3. The number of pyridine rings is 1. The molecule has 3 atom stereocenters. The highest BCUT2D eigenvalue weighted by molar-refractivity contribution is 5.77. The van der Waals surface area contributed by atoms with Crippen molar-refractivity contribution in [1.82, 2.24) is 15.2 Å². The summed E-state index contributed by atoms with van der Waals surface area (Å²) in [5, 5.41) is 3.50. The number of aryl methyl sites for hydroxylation is 1. The molecule has 2 aliphatic rings. The van der Waals surface area contributed by atoms with Gasteiger partial charge in [0.2, 0.25) is 5.91 Å². The maximum absolute atomic E-state index is 12.9. The van der Waals surface area contributed by atoms with Crippen LogP contribution in [0.5, 0.6) is 0 Å². The molecule has 24 heavy (non-hydrogen) atoms. The molecular weight excluding hydrogens is 298 g/mol. The van der Waals surface area contributed by atoms with Gasteiger partial charge in [0.25, 0.3) is 0 Å². The molecule has 2 saturated heterocycles. The fourth-order valence-electron chi connectivity index (χ4n) is 4.20. The van der Waals surface area contributed by atoms with E-state index >= 15 is 0 Å². The minimum absolute atomic E-state index is 0.219. The van der Waals surface area contributed by atoms with E-state index in [9.17, 15) is 4.79 Å². The number of nitrogens with zero attached hydrogens (tertiary/aromatic N) is 2. The highest BCUT2D eigenvalue weighted by atomic mass is 16.2. The van der Waals surface area contributed by atoms with Gasteiger partial charge in [-0.1, -0.05) is 30.3 Å². The molecule has 0 radical (unpaired) electrons. The Morgan fingerprint density at radius 3 is 2.71 bits per heavy atom. The summed E-state index contributed by atoms with van der Waals surface area (Å²) < 4.78 is 0. The van der Waals surface area contributed by atoms with Crippen LogP contribution in [0, 0.1) is 11.8 Å². The number of amides is 1. The van der Waals surface area contributed by atoms with Gasteiger partial charge in [-0.25, -0.2) is 0 Å². The third-order valence-corrected chi connectivity index (χ3v) is 5.40. The normalized spacial score (nSPS) is 25.7. The maximum Gasteiger partial charge on any atom is 0.223 e. The number of hydrogen-bond donors (Lipinski definition) is 1. The molecule has 1 N–H and O–H groups in total. The first-order valence-electron chi connectivity index (χ1n) is 8.77. The minimum atomic E-state index is 0.219. The SMILES string of the molecule is O=C(CCc1ccncc1)N1C[C@@H]2CNC[C@@H]2[C@@H]1c1ccccc1. The van der Waals surface area contributed by atoms with Crippen LogP contribution in [0.15, 0.2) is 54.9 Å². The van der Waals surface area contributed by atoms with Crippen molar-refractivity contribution >= 4 is 5.91 Å². The van der Waals surface area contributed by atoms with Gasteiger partial charge in [0, 0.05) is 44.4 Å². The van der Waals surface area contributed by atoms with E-state index in [4.69, 9.17) is 0 Å². The van der Waals surface area contributed by atoms with Gasteiger partial charge in [0.1, 0.15) is 0 Å². The lowest BCUT2D eigenvalue weighted by atomic mass is 9.89. The maximum atomic E-state index is 12.9. The fraction of sp³-hybridized carbons (Fsp3) is 0.400. The first-order chi connectivity index (χ1) is 11.8. The second-order valence-electron chi connectivity index (χ2n) is 6.84. The summed E-state index contributed by atoms with van der Waals surface area (Å²) in [5.74, 6) is 1.40. The Kier molecular flexibility index (Phi) is 4.30. The summed E-state index contributed by atoms with van der Waals surface area (Å²) in [7, 11) is 0. The van der Waals surface area contributed by atoms with E-state index in [0.29, 0.717) is 18.3 Å². The second kappa shape index (κ2) is 6.73. The molecule has 124 valence electrons. The van der Waals surface area contributed by atoms with Gasteiger partial charge < -0.3 is 10.2 Å². The largest absolute Gasteiger partial charge is 0.335 e. The van der Waals surface area contributed by atoms with Crippen LogP contribution in [0.4, 0.5) is 0 Å². The fourth-order valence-corrected chi connectivity index (χ4v) is 4.20. The highest BCUT2D eigenvalue weighted by Gasteiger charge is 2.46. The average Bonchev–Trinajstić information content (AvgIpc) is 3.22. The Hall–Kier alpha value is -2.20. The zero-order valence-electron chi connectivity index (χ0n) is 13.8. The van der Waals surface area contributed by atoms with Gasteiger partial charge in [-0.2, -0.15) is 0 Å². The lowest BCUT2D eigenvalue weighted by Crippen LogP contribution is -2.34. The molecule has 3 heterocycles. The molecule has 0 saturated carbocycles. The van der Waals surface area contributed by atoms with Crippen molar-refractivity contribution in [1.29, 1.82) is 0 Å². The zero-order valence-corrected chi connectivity index (χ0v) is 13.8. The summed E-state index contributed by atoms with van der Waals surface area (Å²) >= 11 is 0. The number of hydrogen-bond acceptors (Lipinski definition) is 3. The van der Waals surface area contributed by atoms with Crippen LogP contribution >= 0.6 is 0 Å². The topological polar surface area (TPSA) is 45.2 Å². The molecule has 0 aliphatic carbocycles. The zero-order chi connectivity index (χ0) is 16.4. The molecule has 4 rings (SSSR count). The van der Waals surface area contributed by atoms with E-state index in [0.717, 1.165) is 26.1 Å². The molecule has 0 spiro atoms. The van der Waals surface area contributed by atoms with Crippen molar-refractivity contribution in [2.45, 2.75) is 18.9 Å². The molecule has 1 amide bonds. The molecule has 1 aromatic heterocycles. The average molecular weight is 321 g/mol. The van der Waals surface area contributed by atoms with E-state index in [-0.39, 0.29) is 11.9 Å². The predicted octanol–water partition coefficient (Wildman–Crippen LogP) is 2.43. The van der Waals surface area contributed by atoms with Gasteiger partial charge >= 0.3 is 0 Å². The van der Waals surface area contributed by atoms with Crippen molar-refractivity contribution in [2.75, 3.05) is 19.6 Å². The van der Waals surface area contributed by atoms with Crippen molar-refractivity contribution in [2.24, 2.45) is 11.8 Å². The van der Waals surface area contributed by atoms with Crippen LogP contribution in [-0.4, -0.2) is 35.4 Å². The molecule has 4 heteroatoms. The summed E-state index contributed by atoms with van der Waals surface area (Å²) in [6, 6.07) is 14.7. The van der Waals surface area contributed by atoms with E-state index in [1.807, 2.05) is 18.2 Å². The van der Waals surface area contributed by atoms with Crippen LogP contribution in [0.2, 0.25) is 0 Å². The minimum Gasteiger partial charge on any atom is -0.335 e. The molecule has 0 unspecified atom stereocenters. The van der Waals surface area contributed by atoms with Crippen LogP contribution in [0.3, 0.4) is 0 Å². The Labute approximate surface area is 142 Å². The van der Waals surface area contributed by atoms with Gasteiger partial charge in [0.15, 0.2) is 0 Å². The molecule has 2 aliphatic heterocycles. The van der Waals surface area contributed by atoms with Crippen molar-refractivity contribution in [3.63, 3.8) is 0 Å². The third-order valence-electron chi connectivity index (χ3n) is 5.40. The smallest absolute Gasteiger partial charge is 0.223 e. The molecule has 2 aromatic rings. The van der Waals surface area contributed by atoms with E-state index in [1.165, 1.54) is 11.1 Å². The van der Waals surface area contributed by atoms with E-state index in [2.05, 4.69) is 39.5 Å². The number of carbonyl (C=O) groups excluding carboxylic acids is 1. The standard InChI is InChI=1S/C20H23N3O/c24-19(7-6-15-8-10-21-11-9-15)23-14-17-12-22-13-18(17)20(23)16-4-2-1-3-5-16/h1-5,8-11,17-18,20,22H,6-7,12-14H2/t17-,18-,20-/m0/s1. The number of fused-ring (bicyclic) bond motifs is 1. The van der Waals surface area contributed by atoms with Gasteiger partial charge in [-0.15, -0.1) is 0 Å². The van der Waals surface area contributed by atoms with Crippen LogP contribution < -0.4 is 5.32 Å². The summed E-state index contributed by atoms with van der Waals surface area (Å²) in [6.07, 6.45) is 4.93. The van der Waals surface area contributed by atoms with E-state index < -0.39 is 0 Å². The Morgan fingerprint density at radius 1 is 1.12 bits per heavy atom. The summed E-state index contributed by atoms with van der Waals surface area (Å²) in [4.78, 5) is 19.1. The predicted molar refractivity (Wildman–Crippen MR) is 93.3 cm³/mol. The second-order valence-corrected chi connectivity index (χ2v) is 6.84. The van der Waals surface area contributed by atoms with Gasteiger partial charge in [-0.3, -0.25) is 9.78 Å². The highest BCUT2D eigenvalue weighted by Crippen LogP contribution is 2.42. The third kappa shape index (κ3) is 2.94. The number of rotatable bonds is 4. The number of likely N-dealkylation sites (tertiary alicyclic amines) is 1. The Morgan fingerprint density at radius 2 is 1.92 bits per heavy atom. The number of nitrogens with one attached hydrogen (secondary N) is 1. The molecule has 4 nitrogen and oxygen atoms in total. The first-order valence-corrected chi connectivity index (χ1v) is 8.77. The molecule has 0 bridgehead atoms. The van der Waals surface area contributed by atoms with Crippen LogP contribution in [0.25, 0.3) is 0 Å². The number of carbonyl (C=O) groups is 1. The number of benzene rings is 1. The lowest BCUT2D eigenvalue weighted by molar-refractivity contribution is -0.132. The Balaban J connectivity index is 1.51. The molecular formula is C20H23N3O.